The molecule has 0 radical (unpaired) electrons. The molecule has 0 saturated heterocycles. The van der Waals surface area contributed by atoms with E-state index >= 15 is 0 Å². The lowest BCUT2D eigenvalue weighted by molar-refractivity contribution is -0.137. The van der Waals surface area contributed by atoms with Crippen LogP contribution in [0.5, 0.6) is 0 Å². The topological polar surface area (TPSA) is 53.4 Å². The summed E-state index contributed by atoms with van der Waals surface area (Å²) in [5.41, 5.74) is -1.80. The van der Waals surface area contributed by atoms with E-state index in [0.717, 1.165) is 12.4 Å². The van der Waals surface area contributed by atoms with Crippen molar-refractivity contribution in [1.82, 2.24) is 4.98 Å². The quantitative estimate of drug-likeness (QED) is 0.638. The van der Waals surface area contributed by atoms with Crippen LogP contribution in [0.2, 0.25) is 0 Å². The smallest absolute Gasteiger partial charge is 0.423 e. The van der Waals surface area contributed by atoms with Gasteiger partial charge in [0.25, 0.3) is 0 Å². The summed E-state index contributed by atoms with van der Waals surface area (Å²) in [6, 6.07) is 0. The summed E-state index contributed by atoms with van der Waals surface area (Å²) in [5, 5.41) is 17.4. The van der Waals surface area contributed by atoms with E-state index in [1.165, 1.54) is 6.92 Å². The van der Waals surface area contributed by atoms with Gasteiger partial charge in [0.15, 0.2) is 0 Å². The molecule has 0 amide bonds. The molecule has 0 atom stereocenters. The predicted molar refractivity (Wildman–Crippen MR) is 43.8 cm³/mol. The fourth-order valence-corrected chi connectivity index (χ4v) is 1.17. The summed E-state index contributed by atoms with van der Waals surface area (Å²) in [4.78, 5) is 3.46. The molecule has 3 nitrogen and oxygen atoms in total. The van der Waals surface area contributed by atoms with Gasteiger partial charge in [-0.15, -0.1) is 0 Å². The van der Waals surface area contributed by atoms with Gasteiger partial charge in [-0.2, -0.15) is 13.2 Å². The summed E-state index contributed by atoms with van der Waals surface area (Å²) in [6.45, 7) is 1.21. The number of pyridine rings is 1. The lowest BCUT2D eigenvalue weighted by Gasteiger charge is -2.14. The molecule has 76 valence electrons. The molecule has 0 aliphatic carbocycles. The molecule has 7 heteroatoms. The number of halogens is 3. The van der Waals surface area contributed by atoms with Crippen LogP contribution in [0, 0.1) is 6.92 Å². The molecule has 0 bridgehead atoms. The van der Waals surface area contributed by atoms with Crippen LogP contribution in [0.4, 0.5) is 13.2 Å². The second kappa shape index (κ2) is 3.59. The number of alkyl halides is 3. The molecule has 2 N–H and O–H groups in total. The Kier molecular flexibility index (Phi) is 2.82. The minimum atomic E-state index is -4.61. The fourth-order valence-electron chi connectivity index (χ4n) is 1.17. The maximum Gasteiger partial charge on any atom is 0.490 e. The average Bonchev–Trinajstić information content (AvgIpc) is 2.01. The minimum absolute atomic E-state index is 0.136. The standard InChI is InChI=1S/C7H7BF3NO2/c1-4-2-12-3-5(8(13)14)6(4)7(9,10)11/h2-3,13-14H,1H3. The van der Waals surface area contributed by atoms with Crippen LogP contribution in [-0.4, -0.2) is 22.2 Å². The van der Waals surface area contributed by atoms with Crippen LogP contribution in [0.25, 0.3) is 0 Å². The van der Waals surface area contributed by atoms with Crippen LogP contribution in [0.3, 0.4) is 0 Å². The first kappa shape index (κ1) is 11.0. The second-order valence-corrected chi connectivity index (χ2v) is 2.79. The molecule has 0 aromatic carbocycles. The largest absolute Gasteiger partial charge is 0.490 e. The second-order valence-electron chi connectivity index (χ2n) is 2.79. The molecule has 14 heavy (non-hydrogen) atoms. The Morgan fingerprint density at radius 3 is 2.21 bits per heavy atom. The van der Waals surface area contributed by atoms with E-state index in [1.54, 1.807) is 0 Å². The molecular formula is C7H7BF3NO2. The van der Waals surface area contributed by atoms with Gasteiger partial charge in [-0.25, -0.2) is 0 Å². The van der Waals surface area contributed by atoms with Crippen LogP contribution >= 0.6 is 0 Å². The number of aryl methyl sites for hydroxylation is 1. The summed E-state index contributed by atoms with van der Waals surface area (Å²) in [7, 11) is -2.17. The Morgan fingerprint density at radius 1 is 1.29 bits per heavy atom. The van der Waals surface area contributed by atoms with Crippen molar-refractivity contribution >= 4 is 12.6 Å². The third-order valence-electron chi connectivity index (χ3n) is 1.73. The van der Waals surface area contributed by atoms with E-state index < -0.39 is 24.3 Å². The SMILES string of the molecule is Cc1cncc(B(O)O)c1C(F)(F)F. The van der Waals surface area contributed by atoms with E-state index in [9.17, 15) is 13.2 Å². The van der Waals surface area contributed by atoms with E-state index in [-0.39, 0.29) is 5.56 Å². The molecule has 0 aliphatic heterocycles. The number of aromatic nitrogens is 1. The highest BCUT2D eigenvalue weighted by molar-refractivity contribution is 6.59. The van der Waals surface area contributed by atoms with Gasteiger partial charge in [-0.05, 0) is 12.5 Å². The first-order valence-electron chi connectivity index (χ1n) is 3.72. The normalized spacial score (nSPS) is 11.6. The first-order valence-corrected chi connectivity index (χ1v) is 3.72. The van der Waals surface area contributed by atoms with Gasteiger partial charge in [0.05, 0.1) is 5.56 Å². The Bertz CT molecular complexity index is 340. The van der Waals surface area contributed by atoms with Crippen molar-refractivity contribution in [2.75, 3.05) is 0 Å². The molecular weight excluding hydrogens is 198 g/mol. The molecule has 1 aromatic rings. The average molecular weight is 205 g/mol. The molecule has 0 aliphatic rings. The Morgan fingerprint density at radius 2 is 1.86 bits per heavy atom. The van der Waals surface area contributed by atoms with Crippen LogP contribution in [0.1, 0.15) is 11.1 Å². The zero-order valence-corrected chi connectivity index (χ0v) is 7.21. The zero-order valence-electron chi connectivity index (χ0n) is 7.21. The third kappa shape index (κ3) is 2.05. The lowest BCUT2D eigenvalue weighted by Crippen LogP contribution is -2.37. The van der Waals surface area contributed by atoms with E-state index in [0.29, 0.717) is 0 Å². The maximum absolute atomic E-state index is 12.4. The van der Waals surface area contributed by atoms with Crippen LogP contribution < -0.4 is 5.46 Å². The molecule has 1 heterocycles. The molecule has 0 spiro atoms. The van der Waals surface area contributed by atoms with Crippen molar-refractivity contribution in [3.05, 3.63) is 23.5 Å². The van der Waals surface area contributed by atoms with Crippen LogP contribution in [-0.2, 0) is 6.18 Å². The first-order chi connectivity index (χ1) is 6.34. The highest BCUT2D eigenvalue weighted by Crippen LogP contribution is 2.29. The van der Waals surface area contributed by atoms with Gasteiger partial charge >= 0.3 is 13.3 Å². The summed E-state index contributed by atoms with van der Waals surface area (Å²) < 4.78 is 37.3. The van der Waals surface area contributed by atoms with Gasteiger partial charge in [0, 0.05) is 17.9 Å². The Balaban J connectivity index is 3.38. The van der Waals surface area contributed by atoms with E-state index in [1.807, 2.05) is 0 Å². The number of hydrogen-bond donors (Lipinski definition) is 2. The molecule has 1 rings (SSSR count). The zero-order chi connectivity index (χ0) is 10.9. The predicted octanol–water partition coefficient (Wildman–Crippen LogP) is 0.0886. The van der Waals surface area contributed by atoms with Crippen molar-refractivity contribution in [2.24, 2.45) is 0 Å². The molecule has 0 fully saturated rings. The van der Waals surface area contributed by atoms with Crippen molar-refractivity contribution in [3.8, 4) is 0 Å². The van der Waals surface area contributed by atoms with Crippen LogP contribution in [0.15, 0.2) is 12.4 Å². The highest BCUT2D eigenvalue weighted by Gasteiger charge is 2.37. The van der Waals surface area contributed by atoms with Crippen molar-refractivity contribution < 1.29 is 23.2 Å². The van der Waals surface area contributed by atoms with Gasteiger partial charge in [-0.1, -0.05) is 0 Å². The monoisotopic (exact) mass is 205 g/mol. The third-order valence-corrected chi connectivity index (χ3v) is 1.73. The fraction of sp³-hybridized carbons (Fsp3) is 0.286. The highest BCUT2D eigenvalue weighted by atomic mass is 19.4. The molecule has 0 saturated carbocycles. The number of rotatable bonds is 1. The maximum atomic E-state index is 12.4. The minimum Gasteiger partial charge on any atom is -0.423 e. The number of nitrogens with zero attached hydrogens (tertiary/aromatic N) is 1. The summed E-state index contributed by atoms with van der Waals surface area (Å²) in [5.74, 6) is 0. The Labute approximate surface area is 78.4 Å². The van der Waals surface area contributed by atoms with Gasteiger partial charge in [-0.3, -0.25) is 4.98 Å². The van der Waals surface area contributed by atoms with Crippen molar-refractivity contribution in [2.45, 2.75) is 13.1 Å². The van der Waals surface area contributed by atoms with Gasteiger partial charge in [0.2, 0.25) is 0 Å². The van der Waals surface area contributed by atoms with Gasteiger partial charge < -0.3 is 10.0 Å². The molecule has 0 unspecified atom stereocenters. The summed E-state index contributed by atoms with van der Waals surface area (Å²) >= 11 is 0. The van der Waals surface area contributed by atoms with E-state index in [4.69, 9.17) is 10.0 Å². The number of hydrogen-bond acceptors (Lipinski definition) is 3. The van der Waals surface area contributed by atoms with Crippen molar-refractivity contribution in [1.29, 1.82) is 0 Å². The molecule has 1 aromatic heterocycles. The summed E-state index contributed by atoms with van der Waals surface area (Å²) in [6.07, 6.45) is -2.79. The Hall–Kier alpha value is -1.08. The van der Waals surface area contributed by atoms with Gasteiger partial charge in [0.1, 0.15) is 0 Å². The van der Waals surface area contributed by atoms with Crippen molar-refractivity contribution in [3.63, 3.8) is 0 Å². The van der Waals surface area contributed by atoms with E-state index in [2.05, 4.69) is 4.98 Å². The lowest BCUT2D eigenvalue weighted by atomic mass is 9.77.